The SMILES string of the molecule is CO[C@H]1CN(C)C(=O)c2cc(NS(=O)(=O)c3cccc(F)c3)ccc2OC[C@H](C)NC[C@H]1C. The molecule has 0 aromatic heterocycles. The smallest absolute Gasteiger partial charge is 0.261 e. The Hall–Kier alpha value is -2.69. The quantitative estimate of drug-likeness (QED) is 0.700. The van der Waals surface area contributed by atoms with Gasteiger partial charge in [0.15, 0.2) is 0 Å². The summed E-state index contributed by atoms with van der Waals surface area (Å²) in [5.74, 6) is -0.495. The first-order chi connectivity index (χ1) is 15.6. The highest BCUT2D eigenvalue weighted by Crippen LogP contribution is 2.27. The first-order valence-electron chi connectivity index (χ1n) is 10.7. The van der Waals surface area contributed by atoms with Gasteiger partial charge in [-0.25, -0.2) is 12.8 Å². The fourth-order valence-electron chi connectivity index (χ4n) is 3.57. The number of carbonyl (C=O) groups excluding carboxylic acids is 1. The van der Waals surface area contributed by atoms with Crippen LogP contribution in [-0.4, -0.2) is 65.2 Å². The normalized spacial score (nSPS) is 22.5. The molecule has 0 saturated carbocycles. The summed E-state index contributed by atoms with van der Waals surface area (Å²) in [6.45, 7) is 5.41. The van der Waals surface area contributed by atoms with Crippen LogP contribution in [0.2, 0.25) is 0 Å². The molecule has 180 valence electrons. The molecule has 0 radical (unpaired) electrons. The molecule has 1 aliphatic heterocycles. The second-order valence-corrected chi connectivity index (χ2v) is 10.0. The fraction of sp³-hybridized carbons (Fsp3) is 0.435. The van der Waals surface area contributed by atoms with E-state index in [2.05, 4.69) is 10.0 Å². The molecule has 2 aromatic carbocycles. The predicted octanol–water partition coefficient (Wildman–Crippen LogP) is 2.72. The van der Waals surface area contributed by atoms with Crippen LogP contribution in [-0.2, 0) is 14.8 Å². The summed E-state index contributed by atoms with van der Waals surface area (Å²) in [5, 5.41) is 3.41. The van der Waals surface area contributed by atoms with Crippen LogP contribution in [0, 0.1) is 11.7 Å². The van der Waals surface area contributed by atoms with E-state index in [1.807, 2.05) is 13.8 Å². The van der Waals surface area contributed by atoms with E-state index in [1.54, 1.807) is 20.2 Å². The van der Waals surface area contributed by atoms with Gasteiger partial charge in [-0.2, -0.15) is 0 Å². The highest BCUT2D eigenvalue weighted by molar-refractivity contribution is 7.92. The van der Waals surface area contributed by atoms with Gasteiger partial charge in [0, 0.05) is 39.0 Å². The van der Waals surface area contributed by atoms with Gasteiger partial charge in [0.25, 0.3) is 15.9 Å². The molecule has 3 rings (SSSR count). The van der Waals surface area contributed by atoms with E-state index in [0.717, 1.165) is 12.1 Å². The Morgan fingerprint density at radius 1 is 1.21 bits per heavy atom. The summed E-state index contributed by atoms with van der Waals surface area (Å²) in [7, 11) is -0.769. The number of hydrogen-bond acceptors (Lipinski definition) is 6. The van der Waals surface area contributed by atoms with Crippen molar-refractivity contribution in [3.63, 3.8) is 0 Å². The third kappa shape index (κ3) is 6.21. The number of anilines is 1. The minimum atomic E-state index is -4.05. The number of nitrogens with one attached hydrogen (secondary N) is 2. The number of hydrogen-bond donors (Lipinski definition) is 2. The van der Waals surface area contributed by atoms with E-state index in [0.29, 0.717) is 25.4 Å². The number of methoxy groups -OCH3 is 1. The van der Waals surface area contributed by atoms with Crippen molar-refractivity contribution in [2.45, 2.75) is 30.9 Å². The Bertz CT molecular complexity index is 1100. The number of carbonyl (C=O) groups is 1. The van der Waals surface area contributed by atoms with E-state index >= 15 is 0 Å². The molecule has 2 aromatic rings. The van der Waals surface area contributed by atoms with Crippen molar-refractivity contribution in [2.24, 2.45) is 5.92 Å². The molecule has 1 aliphatic rings. The zero-order chi connectivity index (χ0) is 24.2. The number of rotatable bonds is 4. The Morgan fingerprint density at radius 3 is 2.67 bits per heavy atom. The van der Waals surface area contributed by atoms with Gasteiger partial charge in [0.1, 0.15) is 18.2 Å². The van der Waals surface area contributed by atoms with Gasteiger partial charge >= 0.3 is 0 Å². The second kappa shape index (κ2) is 10.5. The lowest BCUT2D eigenvalue weighted by Crippen LogP contribution is -2.44. The van der Waals surface area contributed by atoms with Gasteiger partial charge in [0.2, 0.25) is 0 Å². The molecule has 2 N–H and O–H groups in total. The van der Waals surface area contributed by atoms with Gasteiger partial charge in [-0.05, 0) is 49.2 Å². The van der Waals surface area contributed by atoms with Gasteiger partial charge in [0.05, 0.1) is 16.6 Å². The van der Waals surface area contributed by atoms with E-state index in [-0.39, 0.29) is 40.1 Å². The van der Waals surface area contributed by atoms with Crippen LogP contribution >= 0.6 is 0 Å². The molecule has 10 heteroatoms. The summed E-state index contributed by atoms with van der Waals surface area (Å²) < 4.78 is 52.9. The molecule has 0 unspecified atom stereocenters. The molecule has 8 nitrogen and oxygen atoms in total. The van der Waals surface area contributed by atoms with Crippen LogP contribution < -0.4 is 14.8 Å². The fourth-order valence-corrected chi connectivity index (χ4v) is 4.65. The molecule has 1 heterocycles. The van der Waals surface area contributed by atoms with Gasteiger partial charge < -0.3 is 19.7 Å². The van der Waals surface area contributed by atoms with Crippen molar-refractivity contribution in [2.75, 3.05) is 38.6 Å². The minimum Gasteiger partial charge on any atom is -0.491 e. The van der Waals surface area contributed by atoms with E-state index in [1.165, 1.54) is 29.2 Å². The highest BCUT2D eigenvalue weighted by Gasteiger charge is 2.26. The summed E-state index contributed by atoms with van der Waals surface area (Å²) in [6, 6.07) is 9.22. The van der Waals surface area contributed by atoms with E-state index in [9.17, 15) is 17.6 Å². The standard InChI is InChI=1S/C23H30FN3O5S/c1-15-12-25-16(2)14-32-21-9-8-18(11-20(21)23(28)27(3)13-22(15)31-4)26-33(29,30)19-7-5-6-17(24)10-19/h5-11,15-16,22,25-26H,12-14H2,1-4H3/t15-,16+,22+/m1/s1. The lowest BCUT2D eigenvalue weighted by atomic mass is 10.0. The lowest BCUT2D eigenvalue weighted by molar-refractivity contribution is 0.0281. The maximum absolute atomic E-state index is 13.5. The summed E-state index contributed by atoms with van der Waals surface area (Å²) >= 11 is 0. The Morgan fingerprint density at radius 2 is 1.97 bits per heavy atom. The number of sulfonamides is 1. The second-order valence-electron chi connectivity index (χ2n) is 8.33. The zero-order valence-corrected chi connectivity index (χ0v) is 20.0. The highest BCUT2D eigenvalue weighted by atomic mass is 32.2. The third-order valence-electron chi connectivity index (χ3n) is 5.58. The van der Waals surface area contributed by atoms with Crippen LogP contribution in [0.1, 0.15) is 24.2 Å². The number of benzene rings is 2. The maximum Gasteiger partial charge on any atom is 0.261 e. The molecular formula is C23H30FN3O5S. The maximum atomic E-state index is 13.5. The number of likely N-dealkylation sites (N-methyl/N-ethyl adjacent to an activating group) is 1. The Kier molecular flexibility index (Phi) is 7.93. The molecule has 0 fully saturated rings. The topological polar surface area (TPSA) is 97.0 Å². The lowest BCUT2D eigenvalue weighted by Gasteiger charge is -2.30. The first-order valence-corrected chi connectivity index (χ1v) is 12.2. The van der Waals surface area contributed by atoms with Crippen molar-refractivity contribution < 1.29 is 27.1 Å². The van der Waals surface area contributed by atoms with Gasteiger partial charge in [-0.15, -0.1) is 0 Å². The molecule has 1 amide bonds. The number of nitrogens with zero attached hydrogens (tertiary/aromatic N) is 1. The minimum absolute atomic E-state index is 0.0243. The van der Waals surface area contributed by atoms with Crippen LogP contribution in [0.25, 0.3) is 0 Å². The number of halogens is 1. The zero-order valence-electron chi connectivity index (χ0n) is 19.2. The van der Waals surface area contributed by atoms with Crippen molar-refractivity contribution >= 4 is 21.6 Å². The van der Waals surface area contributed by atoms with E-state index < -0.39 is 15.8 Å². The van der Waals surface area contributed by atoms with Crippen molar-refractivity contribution in [3.8, 4) is 5.75 Å². The Labute approximate surface area is 194 Å². The predicted molar refractivity (Wildman–Crippen MR) is 124 cm³/mol. The van der Waals surface area contributed by atoms with Gasteiger partial charge in [-0.1, -0.05) is 13.0 Å². The molecule has 3 atom stereocenters. The first kappa shape index (κ1) is 24.9. The van der Waals surface area contributed by atoms with E-state index in [4.69, 9.17) is 9.47 Å². The van der Waals surface area contributed by atoms with Crippen LogP contribution in [0.3, 0.4) is 0 Å². The molecule has 0 spiro atoms. The van der Waals surface area contributed by atoms with Crippen molar-refractivity contribution in [1.29, 1.82) is 0 Å². The molecule has 0 bridgehead atoms. The molecule has 0 aliphatic carbocycles. The van der Waals surface area contributed by atoms with Crippen molar-refractivity contribution in [3.05, 3.63) is 53.8 Å². The summed E-state index contributed by atoms with van der Waals surface area (Å²) in [5.41, 5.74) is 0.380. The summed E-state index contributed by atoms with van der Waals surface area (Å²) in [4.78, 5) is 14.6. The van der Waals surface area contributed by atoms with Crippen LogP contribution in [0.5, 0.6) is 5.75 Å². The number of ether oxygens (including phenoxy) is 2. The van der Waals surface area contributed by atoms with Gasteiger partial charge in [-0.3, -0.25) is 9.52 Å². The van der Waals surface area contributed by atoms with Crippen LogP contribution in [0.15, 0.2) is 47.4 Å². The molecule has 33 heavy (non-hydrogen) atoms. The number of fused-ring (bicyclic) bond motifs is 1. The molecule has 0 saturated heterocycles. The molecular weight excluding hydrogens is 449 g/mol. The van der Waals surface area contributed by atoms with Crippen LogP contribution in [0.4, 0.5) is 10.1 Å². The summed E-state index contributed by atoms with van der Waals surface area (Å²) in [6.07, 6.45) is -0.183. The average molecular weight is 480 g/mol. The Balaban J connectivity index is 1.94. The third-order valence-corrected chi connectivity index (χ3v) is 6.96. The number of amides is 1. The monoisotopic (exact) mass is 479 g/mol. The average Bonchev–Trinajstić information content (AvgIpc) is 2.78. The van der Waals surface area contributed by atoms with Crippen molar-refractivity contribution in [1.82, 2.24) is 10.2 Å². The largest absolute Gasteiger partial charge is 0.491 e.